The van der Waals surface area contributed by atoms with Gasteiger partial charge >= 0.3 is 0 Å². The number of nitrogens with zero attached hydrogens (tertiary/aromatic N) is 3. The predicted octanol–water partition coefficient (Wildman–Crippen LogP) is 2.37. The molecule has 126 valence electrons. The molecule has 1 aliphatic heterocycles. The van der Waals surface area contributed by atoms with Gasteiger partial charge in [-0.15, -0.1) is 23.7 Å². The van der Waals surface area contributed by atoms with Gasteiger partial charge in [-0.3, -0.25) is 4.98 Å². The Hall–Kier alpha value is -0.990. The number of aromatic nitrogens is 1. The van der Waals surface area contributed by atoms with Crippen LogP contribution in [0.25, 0.3) is 0 Å². The van der Waals surface area contributed by atoms with Crippen LogP contribution in [0.1, 0.15) is 16.7 Å². The molecule has 0 spiro atoms. The molecular weight excluding hydrogens is 354 g/mol. The maximum atomic E-state index is 12.6. The number of rotatable bonds is 4. The summed E-state index contributed by atoms with van der Waals surface area (Å²) < 4.78 is 27.2. The Bertz CT molecular complexity index is 761. The lowest BCUT2D eigenvalue weighted by atomic mass is 9.98. The summed E-state index contributed by atoms with van der Waals surface area (Å²) in [5.41, 5.74) is 3.46. The van der Waals surface area contributed by atoms with E-state index in [1.54, 1.807) is 28.0 Å². The Morgan fingerprint density at radius 1 is 1.35 bits per heavy atom. The summed E-state index contributed by atoms with van der Waals surface area (Å²) in [6, 6.07) is 3.43. The van der Waals surface area contributed by atoms with E-state index in [2.05, 4.69) is 9.88 Å². The summed E-state index contributed by atoms with van der Waals surface area (Å²) in [7, 11) is 0.664. The van der Waals surface area contributed by atoms with Crippen molar-refractivity contribution >= 4 is 33.8 Å². The molecule has 8 heteroatoms. The van der Waals surface area contributed by atoms with E-state index in [9.17, 15) is 8.42 Å². The van der Waals surface area contributed by atoms with E-state index in [0.29, 0.717) is 17.3 Å². The van der Waals surface area contributed by atoms with Gasteiger partial charge in [0.15, 0.2) is 0 Å². The lowest BCUT2D eigenvalue weighted by Gasteiger charge is -2.29. The summed E-state index contributed by atoms with van der Waals surface area (Å²) in [4.78, 5) is 6.39. The molecule has 0 saturated carbocycles. The van der Waals surface area contributed by atoms with Crippen molar-refractivity contribution in [3.63, 3.8) is 0 Å². The second kappa shape index (κ2) is 7.27. The van der Waals surface area contributed by atoms with Gasteiger partial charge in [0.25, 0.3) is 10.0 Å². The van der Waals surface area contributed by atoms with E-state index >= 15 is 0 Å². The highest BCUT2D eigenvalue weighted by Gasteiger charge is 2.30. The van der Waals surface area contributed by atoms with E-state index in [4.69, 9.17) is 0 Å². The molecule has 23 heavy (non-hydrogen) atoms. The van der Waals surface area contributed by atoms with Crippen LogP contribution < -0.4 is 0 Å². The minimum atomic E-state index is -3.38. The topological polar surface area (TPSA) is 53.5 Å². The first kappa shape index (κ1) is 18.4. The van der Waals surface area contributed by atoms with Crippen LogP contribution in [0.5, 0.6) is 0 Å². The number of pyridine rings is 1. The molecule has 5 nitrogen and oxygen atoms in total. The van der Waals surface area contributed by atoms with Gasteiger partial charge in [-0.2, -0.15) is 4.31 Å². The molecule has 0 bridgehead atoms. The third kappa shape index (κ3) is 3.75. The molecule has 0 aliphatic carbocycles. The zero-order valence-electron chi connectivity index (χ0n) is 13.1. The minimum absolute atomic E-state index is 0. The fraction of sp³-hybridized carbons (Fsp3) is 0.400. The number of hydrogen-bond acceptors (Lipinski definition) is 5. The second-order valence-corrected chi connectivity index (χ2v) is 8.81. The quantitative estimate of drug-likeness (QED) is 0.825. The van der Waals surface area contributed by atoms with Crippen molar-refractivity contribution in [2.24, 2.45) is 0 Å². The van der Waals surface area contributed by atoms with Gasteiger partial charge in [0.05, 0.1) is 0 Å². The highest BCUT2D eigenvalue weighted by molar-refractivity contribution is 7.91. The monoisotopic (exact) mass is 373 g/mol. The largest absolute Gasteiger partial charge is 0.305 e. The predicted molar refractivity (Wildman–Crippen MR) is 94.5 cm³/mol. The van der Waals surface area contributed by atoms with Crippen molar-refractivity contribution in [1.82, 2.24) is 14.2 Å². The summed E-state index contributed by atoms with van der Waals surface area (Å²) in [6.45, 7) is 1.76. The maximum absolute atomic E-state index is 12.6. The Morgan fingerprint density at radius 3 is 2.78 bits per heavy atom. The standard InChI is InChI=1S/C15H19N3O2S2.ClH/c1-17(2)10-12-8-16-9-13-11-18(6-5-14(12)13)22(19,20)15-4-3-7-21-15;/h3-4,7-9H,5-6,10-11H2,1-2H3;1H. The summed E-state index contributed by atoms with van der Waals surface area (Å²) in [5.74, 6) is 0. The van der Waals surface area contributed by atoms with E-state index in [-0.39, 0.29) is 12.4 Å². The second-order valence-electron chi connectivity index (χ2n) is 5.69. The van der Waals surface area contributed by atoms with Crippen molar-refractivity contribution in [3.05, 3.63) is 46.6 Å². The molecule has 0 atom stereocenters. The van der Waals surface area contributed by atoms with Crippen molar-refractivity contribution in [3.8, 4) is 0 Å². The van der Waals surface area contributed by atoms with E-state index < -0.39 is 10.0 Å². The van der Waals surface area contributed by atoms with Crippen LogP contribution in [-0.2, 0) is 29.5 Å². The molecule has 1 aliphatic rings. The van der Waals surface area contributed by atoms with Crippen molar-refractivity contribution in [2.45, 2.75) is 23.7 Å². The molecule has 3 heterocycles. The first-order valence-corrected chi connectivity index (χ1v) is 9.43. The molecule has 0 aromatic carbocycles. The zero-order chi connectivity index (χ0) is 15.7. The number of sulfonamides is 1. The van der Waals surface area contributed by atoms with E-state index in [1.807, 2.05) is 20.3 Å². The molecule has 0 unspecified atom stereocenters. The lowest BCUT2D eigenvalue weighted by Crippen LogP contribution is -2.36. The van der Waals surface area contributed by atoms with Crippen LogP contribution >= 0.6 is 23.7 Å². The number of fused-ring (bicyclic) bond motifs is 1. The van der Waals surface area contributed by atoms with Crippen LogP contribution in [0, 0.1) is 0 Å². The van der Waals surface area contributed by atoms with Crippen LogP contribution in [0.15, 0.2) is 34.1 Å². The molecule has 0 fully saturated rings. The third-order valence-corrected chi connectivity index (χ3v) is 6.99. The molecular formula is C15H20ClN3O2S2. The van der Waals surface area contributed by atoms with Crippen molar-refractivity contribution in [1.29, 1.82) is 0 Å². The van der Waals surface area contributed by atoms with E-state index in [0.717, 1.165) is 18.5 Å². The minimum Gasteiger partial charge on any atom is -0.305 e. The highest BCUT2D eigenvalue weighted by Crippen LogP contribution is 2.28. The molecule has 3 rings (SSSR count). The van der Waals surface area contributed by atoms with Gasteiger partial charge in [0.2, 0.25) is 0 Å². The Balaban J connectivity index is 0.00000192. The Labute approximate surface area is 147 Å². The van der Waals surface area contributed by atoms with Gasteiger partial charge in [-0.05, 0) is 48.7 Å². The van der Waals surface area contributed by atoms with E-state index in [1.165, 1.54) is 22.5 Å². The molecule has 0 amide bonds. The van der Waals surface area contributed by atoms with Crippen LogP contribution in [-0.4, -0.2) is 43.2 Å². The normalized spacial score (nSPS) is 15.3. The number of hydrogen-bond donors (Lipinski definition) is 0. The summed E-state index contributed by atoms with van der Waals surface area (Å²) in [5, 5.41) is 1.79. The van der Waals surface area contributed by atoms with Gasteiger partial charge in [0, 0.05) is 32.0 Å². The van der Waals surface area contributed by atoms with Gasteiger partial charge in [0.1, 0.15) is 4.21 Å². The lowest BCUT2D eigenvalue weighted by molar-refractivity contribution is 0.378. The van der Waals surface area contributed by atoms with Gasteiger partial charge < -0.3 is 4.90 Å². The van der Waals surface area contributed by atoms with Crippen LogP contribution in [0.2, 0.25) is 0 Å². The van der Waals surface area contributed by atoms with Gasteiger partial charge in [-0.1, -0.05) is 6.07 Å². The number of thiophene rings is 1. The molecule has 0 N–H and O–H groups in total. The molecule has 0 saturated heterocycles. The van der Waals surface area contributed by atoms with Crippen molar-refractivity contribution in [2.75, 3.05) is 20.6 Å². The average Bonchev–Trinajstić information content (AvgIpc) is 3.01. The Kier molecular flexibility index (Phi) is 5.80. The molecule has 0 radical (unpaired) electrons. The van der Waals surface area contributed by atoms with Gasteiger partial charge in [-0.25, -0.2) is 8.42 Å². The highest BCUT2D eigenvalue weighted by atomic mass is 35.5. The average molecular weight is 374 g/mol. The SMILES string of the molecule is CN(C)Cc1cncc2c1CCN(S(=O)(=O)c1cccs1)C2.Cl. The maximum Gasteiger partial charge on any atom is 0.252 e. The first-order chi connectivity index (χ1) is 10.5. The summed E-state index contributed by atoms with van der Waals surface area (Å²) >= 11 is 1.26. The fourth-order valence-corrected chi connectivity index (χ4v) is 5.33. The number of halogens is 1. The van der Waals surface area contributed by atoms with Crippen LogP contribution in [0.3, 0.4) is 0 Å². The fourth-order valence-electron chi connectivity index (χ4n) is 2.76. The molecule has 2 aromatic heterocycles. The van der Waals surface area contributed by atoms with Crippen molar-refractivity contribution < 1.29 is 8.42 Å². The van der Waals surface area contributed by atoms with Crippen LogP contribution in [0.4, 0.5) is 0 Å². The zero-order valence-corrected chi connectivity index (χ0v) is 15.5. The molecule has 2 aromatic rings. The first-order valence-electron chi connectivity index (χ1n) is 7.11. The summed E-state index contributed by atoms with van der Waals surface area (Å²) in [6.07, 6.45) is 4.43. The Morgan fingerprint density at radius 2 is 2.13 bits per heavy atom. The third-order valence-electron chi connectivity index (χ3n) is 3.77. The smallest absolute Gasteiger partial charge is 0.252 e.